The third kappa shape index (κ3) is 39.0. The van der Waals surface area contributed by atoms with Crippen LogP contribution in [0, 0.1) is 0 Å². The van der Waals surface area contributed by atoms with Crippen LogP contribution in [0.5, 0.6) is 0 Å². The van der Waals surface area contributed by atoms with Crippen molar-refractivity contribution in [2.24, 2.45) is 0 Å². The molecule has 0 aliphatic rings. The highest BCUT2D eigenvalue weighted by Gasteiger charge is 2.27. The Hall–Kier alpha value is -1.29. The van der Waals surface area contributed by atoms with Gasteiger partial charge < -0.3 is 24.6 Å². The number of phosphoric ester groups is 1. The second kappa shape index (κ2) is 39.9. The van der Waals surface area contributed by atoms with Crippen molar-refractivity contribution < 1.29 is 47.8 Å². The summed E-state index contributed by atoms with van der Waals surface area (Å²) in [6.45, 7) is 2.39. The van der Waals surface area contributed by atoms with Crippen LogP contribution in [0.2, 0.25) is 0 Å². The van der Waals surface area contributed by atoms with Gasteiger partial charge in [0.25, 0.3) is 0 Å². The zero-order chi connectivity index (χ0) is 39.8. The quantitative estimate of drug-likeness (QED) is 0.0236. The Morgan fingerprint density at radius 1 is 0.537 bits per heavy atom. The number of rotatable bonds is 42. The third-order valence-corrected chi connectivity index (χ3v) is 10.6. The minimum absolute atomic E-state index is 0.186. The molecule has 0 saturated carbocycles. The average molecular weight is 791 g/mol. The predicted molar refractivity (Wildman–Crippen MR) is 219 cm³/mol. The Morgan fingerprint density at radius 2 is 0.907 bits per heavy atom. The normalized spacial score (nSPS) is 13.9. The highest BCUT2D eigenvalue weighted by atomic mass is 31.2. The SMILES string of the molecule is CCCCCCCC/C=C/CCCCCCCCCCCC(=O)O[C@H](COC(=O)CCCCCCCCCCCCCC)COP(=O)(O)OC[C@@H](O)CO. The van der Waals surface area contributed by atoms with E-state index in [2.05, 4.69) is 30.5 Å². The zero-order valence-electron chi connectivity index (χ0n) is 34.7. The number of aliphatic hydroxyl groups is 2. The fourth-order valence-electron chi connectivity index (χ4n) is 6.22. The molecule has 0 spiro atoms. The van der Waals surface area contributed by atoms with Crippen molar-refractivity contribution in [2.75, 3.05) is 26.4 Å². The second-order valence-electron chi connectivity index (χ2n) is 15.1. The van der Waals surface area contributed by atoms with Gasteiger partial charge in [-0.25, -0.2) is 4.57 Å². The van der Waals surface area contributed by atoms with Gasteiger partial charge in [0, 0.05) is 12.8 Å². The lowest BCUT2D eigenvalue weighted by Crippen LogP contribution is -2.29. The number of carbonyl (C=O) groups is 2. The summed E-state index contributed by atoms with van der Waals surface area (Å²) in [6, 6.07) is 0. The van der Waals surface area contributed by atoms with Crippen LogP contribution in [-0.2, 0) is 32.7 Å². The summed E-state index contributed by atoms with van der Waals surface area (Å²) in [6.07, 6.45) is 37.5. The number of allylic oxidation sites excluding steroid dienone is 2. The highest BCUT2D eigenvalue weighted by molar-refractivity contribution is 7.47. The van der Waals surface area contributed by atoms with Crippen LogP contribution >= 0.6 is 7.82 Å². The fraction of sp³-hybridized carbons (Fsp3) is 0.907. The smallest absolute Gasteiger partial charge is 0.462 e. The van der Waals surface area contributed by atoms with Crippen LogP contribution in [0.25, 0.3) is 0 Å². The third-order valence-electron chi connectivity index (χ3n) is 9.67. The molecule has 320 valence electrons. The summed E-state index contributed by atoms with van der Waals surface area (Å²) >= 11 is 0. The van der Waals surface area contributed by atoms with Gasteiger partial charge in [0.15, 0.2) is 6.10 Å². The summed E-state index contributed by atoms with van der Waals surface area (Å²) < 4.78 is 32.7. The number of unbranched alkanes of at least 4 members (excludes halogenated alkanes) is 26. The summed E-state index contributed by atoms with van der Waals surface area (Å²) in [5, 5.41) is 18.3. The van der Waals surface area contributed by atoms with E-state index in [0.29, 0.717) is 12.8 Å². The zero-order valence-corrected chi connectivity index (χ0v) is 35.6. The van der Waals surface area contributed by atoms with Crippen LogP contribution in [0.1, 0.15) is 213 Å². The number of hydrogen-bond acceptors (Lipinski definition) is 9. The van der Waals surface area contributed by atoms with Crippen molar-refractivity contribution in [1.29, 1.82) is 0 Å². The topological polar surface area (TPSA) is 149 Å². The van der Waals surface area contributed by atoms with E-state index in [4.69, 9.17) is 19.1 Å². The first-order chi connectivity index (χ1) is 26.2. The minimum atomic E-state index is -4.61. The first-order valence-electron chi connectivity index (χ1n) is 22.1. The largest absolute Gasteiger partial charge is 0.472 e. The van der Waals surface area contributed by atoms with E-state index in [0.717, 1.165) is 38.5 Å². The van der Waals surface area contributed by atoms with Crippen LogP contribution in [-0.4, -0.2) is 65.7 Å². The fourth-order valence-corrected chi connectivity index (χ4v) is 7.01. The van der Waals surface area contributed by atoms with Gasteiger partial charge in [-0.15, -0.1) is 0 Å². The number of carbonyl (C=O) groups excluding carboxylic acids is 2. The lowest BCUT2D eigenvalue weighted by atomic mass is 10.0. The van der Waals surface area contributed by atoms with Crippen molar-refractivity contribution in [2.45, 2.75) is 225 Å². The Bertz CT molecular complexity index is 915. The summed E-state index contributed by atoms with van der Waals surface area (Å²) in [4.78, 5) is 35.0. The van der Waals surface area contributed by atoms with Crippen molar-refractivity contribution in [1.82, 2.24) is 0 Å². The Labute approximate surface area is 330 Å². The van der Waals surface area contributed by atoms with E-state index in [1.807, 2.05) is 0 Å². The molecule has 0 saturated heterocycles. The maximum absolute atomic E-state index is 12.6. The lowest BCUT2D eigenvalue weighted by Gasteiger charge is -2.20. The Balaban J connectivity index is 4.23. The van der Waals surface area contributed by atoms with Gasteiger partial charge in [0.1, 0.15) is 12.7 Å². The van der Waals surface area contributed by atoms with Gasteiger partial charge in [-0.1, -0.05) is 174 Å². The van der Waals surface area contributed by atoms with Crippen LogP contribution in [0.15, 0.2) is 12.2 Å². The van der Waals surface area contributed by atoms with E-state index in [1.165, 1.54) is 135 Å². The molecule has 54 heavy (non-hydrogen) atoms. The molecule has 0 aromatic carbocycles. The molecule has 3 N–H and O–H groups in total. The van der Waals surface area contributed by atoms with Crippen LogP contribution in [0.3, 0.4) is 0 Å². The van der Waals surface area contributed by atoms with Crippen molar-refractivity contribution in [3.8, 4) is 0 Å². The van der Waals surface area contributed by atoms with Gasteiger partial charge >= 0.3 is 19.8 Å². The highest BCUT2D eigenvalue weighted by Crippen LogP contribution is 2.43. The van der Waals surface area contributed by atoms with Crippen molar-refractivity contribution in [3.63, 3.8) is 0 Å². The summed E-state index contributed by atoms with van der Waals surface area (Å²) in [5.41, 5.74) is 0. The molecule has 0 heterocycles. The Morgan fingerprint density at radius 3 is 1.33 bits per heavy atom. The van der Waals surface area contributed by atoms with E-state index in [-0.39, 0.29) is 19.4 Å². The molecule has 0 aliphatic carbocycles. The number of hydrogen-bond donors (Lipinski definition) is 3. The predicted octanol–water partition coefficient (Wildman–Crippen LogP) is 11.6. The lowest BCUT2D eigenvalue weighted by molar-refractivity contribution is -0.161. The van der Waals surface area contributed by atoms with Gasteiger partial charge in [0.05, 0.1) is 19.8 Å². The maximum Gasteiger partial charge on any atom is 0.472 e. The first-order valence-corrected chi connectivity index (χ1v) is 23.6. The Kier molecular flexibility index (Phi) is 39.0. The maximum atomic E-state index is 12.6. The van der Waals surface area contributed by atoms with Crippen LogP contribution in [0.4, 0.5) is 0 Å². The molecule has 0 fully saturated rings. The standard InChI is InChI=1S/C43H83O10P/c1-3-5-7-9-11-13-15-17-18-19-20-21-22-23-25-27-29-31-33-35-43(47)53-41(39-52-54(48,49)51-37-40(45)36-44)38-50-42(46)34-32-30-28-26-24-16-14-12-10-8-6-4-2/h17-18,40-41,44-45H,3-16,19-39H2,1-2H3,(H,48,49)/b18-17+/t40-,41+/m0/s1. The summed E-state index contributed by atoms with van der Waals surface area (Å²) in [5.74, 6) is -0.917. The molecule has 0 aromatic rings. The molecule has 10 nitrogen and oxygen atoms in total. The van der Waals surface area contributed by atoms with E-state index in [9.17, 15) is 24.2 Å². The molecular weight excluding hydrogens is 707 g/mol. The molecule has 3 atom stereocenters. The van der Waals surface area contributed by atoms with E-state index >= 15 is 0 Å². The van der Waals surface area contributed by atoms with E-state index in [1.54, 1.807) is 0 Å². The first kappa shape index (κ1) is 52.7. The monoisotopic (exact) mass is 791 g/mol. The second-order valence-corrected chi connectivity index (χ2v) is 16.5. The van der Waals surface area contributed by atoms with Gasteiger partial charge in [0.2, 0.25) is 0 Å². The molecule has 0 aliphatic heterocycles. The molecular formula is C43H83O10P. The van der Waals surface area contributed by atoms with Crippen molar-refractivity contribution in [3.05, 3.63) is 12.2 Å². The van der Waals surface area contributed by atoms with Crippen molar-refractivity contribution >= 4 is 19.8 Å². The van der Waals surface area contributed by atoms with E-state index < -0.39 is 51.8 Å². The number of aliphatic hydroxyl groups excluding tert-OH is 2. The summed E-state index contributed by atoms with van der Waals surface area (Å²) in [7, 11) is -4.61. The molecule has 1 unspecified atom stereocenters. The van der Waals surface area contributed by atoms with Gasteiger partial charge in [-0.3, -0.25) is 18.6 Å². The number of esters is 2. The molecule has 0 amide bonds. The molecule has 0 aromatic heterocycles. The average Bonchev–Trinajstić information content (AvgIpc) is 3.16. The minimum Gasteiger partial charge on any atom is -0.462 e. The molecule has 0 rings (SSSR count). The van der Waals surface area contributed by atoms with Crippen LogP contribution < -0.4 is 0 Å². The molecule has 0 bridgehead atoms. The van der Waals surface area contributed by atoms with Gasteiger partial charge in [-0.05, 0) is 38.5 Å². The number of ether oxygens (including phenoxy) is 2. The van der Waals surface area contributed by atoms with Gasteiger partial charge in [-0.2, -0.15) is 0 Å². The molecule has 11 heteroatoms. The molecule has 0 radical (unpaired) electrons. The number of phosphoric acid groups is 1.